The molecule has 0 atom stereocenters. The Hall–Kier alpha value is -3.96. The van der Waals surface area contributed by atoms with Gasteiger partial charge in [0.1, 0.15) is 11.5 Å². The molecule has 2 aromatic heterocycles. The fourth-order valence-electron chi connectivity index (χ4n) is 2.18. The Bertz CT molecular complexity index is 1010. The summed E-state index contributed by atoms with van der Waals surface area (Å²) in [5, 5.41) is 37.7. The first-order chi connectivity index (χ1) is 12.4. The highest BCUT2D eigenvalue weighted by Crippen LogP contribution is 2.23. The maximum Gasteiger partial charge on any atom is 0.292 e. The van der Waals surface area contributed by atoms with Gasteiger partial charge in [-0.25, -0.2) is 10.1 Å². The van der Waals surface area contributed by atoms with Gasteiger partial charge in [-0.15, -0.1) is 5.10 Å². The number of benzene rings is 1. The maximum atomic E-state index is 12.5. The lowest BCUT2D eigenvalue weighted by atomic mass is 10.1. The van der Waals surface area contributed by atoms with Crippen LogP contribution in [-0.4, -0.2) is 47.1 Å². The van der Waals surface area contributed by atoms with Crippen molar-refractivity contribution in [2.75, 3.05) is 5.73 Å². The SMILES string of the molecule is CC(=NNC(=O)c1c(C)nnn1-c1nonc1N)c1ccc(O)cc1O. The van der Waals surface area contributed by atoms with E-state index in [1.807, 2.05) is 0 Å². The number of carbonyl (C=O) groups is 1. The van der Waals surface area contributed by atoms with E-state index >= 15 is 0 Å². The van der Waals surface area contributed by atoms with Crippen LogP contribution in [0.4, 0.5) is 5.82 Å². The highest BCUT2D eigenvalue weighted by Gasteiger charge is 2.23. The number of aromatic hydroxyl groups is 2. The normalized spacial score (nSPS) is 11.5. The summed E-state index contributed by atoms with van der Waals surface area (Å²) in [4.78, 5) is 12.5. The molecule has 134 valence electrons. The monoisotopic (exact) mass is 358 g/mol. The van der Waals surface area contributed by atoms with Crippen LogP contribution < -0.4 is 11.2 Å². The summed E-state index contributed by atoms with van der Waals surface area (Å²) >= 11 is 0. The number of rotatable bonds is 4. The van der Waals surface area contributed by atoms with Crippen molar-refractivity contribution in [2.45, 2.75) is 13.8 Å². The number of carbonyl (C=O) groups excluding carboxylic acids is 1. The highest BCUT2D eigenvalue weighted by atomic mass is 16.6. The molecule has 3 aromatic rings. The van der Waals surface area contributed by atoms with Crippen LogP contribution in [0.25, 0.3) is 5.82 Å². The van der Waals surface area contributed by atoms with E-state index in [4.69, 9.17) is 5.73 Å². The molecule has 1 amide bonds. The lowest BCUT2D eigenvalue weighted by molar-refractivity contribution is 0.0946. The van der Waals surface area contributed by atoms with Crippen molar-refractivity contribution in [3.8, 4) is 17.3 Å². The number of phenols is 2. The molecule has 0 bridgehead atoms. The highest BCUT2D eigenvalue weighted by molar-refractivity contribution is 6.02. The third-order valence-corrected chi connectivity index (χ3v) is 3.45. The number of hydrazone groups is 1. The maximum absolute atomic E-state index is 12.5. The van der Waals surface area contributed by atoms with Gasteiger partial charge in [0.05, 0.1) is 11.4 Å². The van der Waals surface area contributed by atoms with Crippen LogP contribution in [0.1, 0.15) is 28.7 Å². The number of nitrogens with one attached hydrogen (secondary N) is 1. The number of aryl methyl sites for hydroxylation is 1. The first-order valence-electron chi connectivity index (χ1n) is 7.26. The second-order valence-electron chi connectivity index (χ2n) is 5.25. The average molecular weight is 358 g/mol. The minimum absolute atomic E-state index is 0.0210. The number of nitrogens with zero attached hydrogens (tertiary/aromatic N) is 6. The molecule has 1 aromatic carbocycles. The van der Waals surface area contributed by atoms with Gasteiger partial charge in [-0.1, -0.05) is 5.21 Å². The number of aromatic nitrogens is 5. The van der Waals surface area contributed by atoms with Crippen LogP contribution in [0.2, 0.25) is 0 Å². The number of hydrogen-bond donors (Lipinski definition) is 4. The van der Waals surface area contributed by atoms with Crippen LogP contribution in [0.15, 0.2) is 27.9 Å². The van der Waals surface area contributed by atoms with E-state index in [1.165, 1.54) is 18.2 Å². The minimum atomic E-state index is -0.632. The topological polar surface area (TPSA) is 178 Å². The summed E-state index contributed by atoms with van der Waals surface area (Å²) in [6.45, 7) is 3.15. The second-order valence-corrected chi connectivity index (χ2v) is 5.25. The Kier molecular flexibility index (Phi) is 4.22. The Morgan fingerprint density at radius 2 is 2.12 bits per heavy atom. The third-order valence-electron chi connectivity index (χ3n) is 3.45. The molecule has 0 aliphatic rings. The van der Waals surface area contributed by atoms with Gasteiger partial charge in [0.15, 0.2) is 5.69 Å². The van der Waals surface area contributed by atoms with Crippen molar-refractivity contribution < 1.29 is 19.6 Å². The molecule has 3 rings (SSSR count). The van der Waals surface area contributed by atoms with E-state index in [0.717, 1.165) is 4.68 Å². The number of hydrogen-bond acceptors (Lipinski definition) is 10. The van der Waals surface area contributed by atoms with Gasteiger partial charge in [-0.2, -0.15) is 9.78 Å². The van der Waals surface area contributed by atoms with Gasteiger partial charge in [0.2, 0.25) is 11.6 Å². The summed E-state index contributed by atoms with van der Waals surface area (Å²) in [5.74, 6) is -0.935. The van der Waals surface area contributed by atoms with Crippen LogP contribution >= 0.6 is 0 Å². The molecule has 26 heavy (non-hydrogen) atoms. The molecule has 0 spiro atoms. The molecular weight excluding hydrogens is 344 g/mol. The fourth-order valence-corrected chi connectivity index (χ4v) is 2.18. The van der Waals surface area contributed by atoms with Crippen LogP contribution in [0.5, 0.6) is 11.5 Å². The molecule has 12 heteroatoms. The number of nitrogens with two attached hydrogens (primary N) is 1. The first-order valence-corrected chi connectivity index (χ1v) is 7.26. The van der Waals surface area contributed by atoms with Crippen LogP contribution in [-0.2, 0) is 0 Å². The van der Waals surface area contributed by atoms with E-state index < -0.39 is 5.91 Å². The molecule has 0 aliphatic carbocycles. The van der Waals surface area contributed by atoms with E-state index in [2.05, 4.69) is 35.8 Å². The predicted molar refractivity (Wildman–Crippen MR) is 87.8 cm³/mol. The molecule has 2 heterocycles. The van der Waals surface area contributed by atoms with E-state index in [1.54, 1.807) is 13.8 Å². The largest absolute Gasteiger partial charge is 0.508 e. The Labute approximate surface area is 145 Å². The van der Waals surface area contributed by atoms with Crippen molar-refractivity contribution in [3.05, 3.63) is 35.2 Å². The van der Waals surface area contributed by atoms with Crippen molar-refractivity contribution in [1.29, 1.82) is 0 Å². The van der Waals surface area contributed by atoms with E-state index in [0.29, 0.717) is 17.0 Å². The summed E-state index contributed by atoms with van der Waals surface area (Å²) in [5.41, 5.74) is 8.97. The van der Waals surface area contributed by atoms with Crippen molar-refractivity contribution in [2.24, 2.45) is 5.10 Å². The molecule has 0 aliphatic heterocycles. The number of amides is 1. The van der Waals surface area contributed by atoms with Gasteiger partial charge < -0.3 is 15.9 Å². The summed E-state index contributed by atoms with van der Waals surface area (Å²) in [6.07, 6.45) is 0. The Morgan fingerprint density at radius 3 is 2.77 bits per heavy atom. The molecule has 0 saturated heterocycles. The predicted octanol–water partition coefficient (Wildman–Crippen LogP) is 0.106. The molecule has 0 radical (unpaired) electrons. The molecule has 0 saturated carbocycles. The molecular formula is C14H14N8O4. The summed E-state index contributed by atoms with van der Waals surface area (Å²) < 4.78 is 5.58. The zero-order valence-electron chi connectivity index (χ0n) is 13.7. The lowest BCUT2D eigenvalue weighted by Gasteiger charge is -2.06. The second kappa shape index (κ2) is 6.51. The standard InChI is InChI=1S/C14H14N8O4/c1-6(9-4-3-8(23)5-10(9)24)16-18-14(25)11-7(2)17-21-22(11)13-12(15)19-26-20-13/h3-5,23-24H,1-2H3,(H2,15,19)(H,18,25). The van der Waals surface area contributed by atoms with E-state index in [-0.39, 0.29) is 28.8 Å². The quantitative estimate of drug-likeness (QED) is 0.372. The first kappa shape index (κ1) is 16.9. The number of anilines is 1. The smallest absolute Gasteiger partial charge is 0.292 e. The van der Waals surface area contributed by atoms with Gasteiger partial charge in [-0.05, 0) is 36.3 Å². The molecule has 0 unspecified atom stereocenters. The third kappa shape index (κ3) is 3.02. The number of phenolic OH excluding ortho intramolecular Hbond substituents is 2. The van der Waals surface area contributed by atoms with Crippen LogP contribution in [0, 0.1) is 6.92 Å². The number of nitrogen functional groups attached to an aromatic ring is 1. The van der Waals surface area contributed by atoms with Crippen molar-refractivity contribution >= 4 is 17.4 Å². The van der Waals surface area contributed by atoms with Crippen molar-refractivity contribution in [1.82, 2.24) is 30.7 Å². The average Bonchev–Trinajstić information content (AvgIpc) is 3.17. The zero-order chi connectivity index (χ0) is 18.8. The summed E-state index contributed by atoms with van der Waals surface area (Å²) in [7, 11) is 0. The summed E-state index contributed by atoms with van der Waals surface area (Å²) in [6, 6.07) is 4.02. The van der Waals surface area contributed by atoms with E-state index in [9.17, 15) is 15.0 Å². The Balaban J connectivity index is 1.87. The Morgan fingerprint density at radius 1 is 1.35 bits per heavy atom. The van der Waals surface area contributed by atoms with Gasteiger partial charge >= 0.3 is 0 Å². The molecule has 0 fully saturated rings. The van der Waals surface area contributed by atoms with Gasteiger partial charge in [0, 0.05) is 11.6 Å². The fraction of sp³-hybridized carbons (Fsp3) is 0.143. The van der Waals surface area contributed by atoms with Crippen LogP contribution in [0.3, 0.4) is 0 Å². The van der Waals surface area contributed by atoms with Gasteiger partial charge in [0.25, 0.3) is 5.91 Å². The molecule has 5 N–H and O–H groups in total. The zero-order valence-corrected chi connectivity index (χ0v) is 13.7. The minimum Gasteiger partial charge on any atom is -0.508 e. The van der Waals surface area contributed by atoms with Crippen molar-refractivity contribution in [3.63, 3.8) is 0 Å². The van der Waals surface area contributed by atoms with Gasteiger partial charge in [-0.3, -0.25) is 4.79 Å². The molecule has 12 nitrogen and oxygen atoms in total. The lowest BCUT2D eigenvalue weighted by Crippen LogP contribution is -2.24.